The number of piperidine rings is 2. The Bertz CT molecular complexity index is 1020. The van der Waals surface area contributed by atoms with Crippen molar-refractivity contribution in [3.63, 3.8) is 0 Å². The van der Waals surface area contributed by atoms with E-state index in [4.69, 9.17) is 5.73 Å². The molecule has 2 aliphatic carbocycles. The predicted octanol–water partition coefficient (Wildman–Crippen LogP) is 4.84. The molecule has 1 amide bonds. The number of rotatable bonds is 4. The quantitative estimate of drug-likeness (QED) is 0.554. The summed E-state index contributed by atoms with van der Waals surface area (Å²) >= 11 is 0. The first kappa shape index (κ1) is 20.5. The van der Waals surface area contributed by atoms with Crippen LogP contribution in [0.15, 0.2) is 30.5 Å². The Balaban J connectivity index is 1.30. The first-order valence-electron chi connectivity index (χ1n) is 12.8. The molecule has 4 aliphatic rings. The number of aromatic nitrogens is 1. The molecule has 4 bridgehead atoms. The fraction of sp³-hybridized carbons (Fsp3) is 0.630. The van der Waals surface area contributed by atoms with E-state index < -0.39 is 11.7 Å². The third-order valence-corrected chi connectivity index (χ3v) is 9.13. The van der Waals surface area contributed by atoms with Crippen LogP contribution >= 0.6 is 0 Å². The molecule has 2 aromatic rings. The van der Waals surface area contributed by atoms with Gasteiger partial charge in [-0.25, -0.2) is 0 Å². The molecule has 2 N–H and O–H groups in total. The molecule has 2 saturated heterocycles. The van der Waals surface area contributed by atoms with E-state index in [9.17, 15) is 9.59 Å². The summed E-state index contributed by atoms with van der Waals surface area (Å²) in [6.45, 7) is 0. The normalized spacial score (nSPS) is 35.0. The first-order valence-corrected chi connectivity index (χ1v) is 12.8. The molecule has 4 fully saturated rings. The van der Waals surface area contributed by atoms with Gasteiger partial charge in [-0.3, -0.25) is 14.5 Å². The molecular weight excluding hydrogens is 398 g/mol. The van der Waals surface area contributed by atoms with Crippen LogP contribution in [0, 0.1) is 11.8 Å². The van der Waals surface area contributed by atoms with Crippen LogP contribution in [0.4, 0.5) is 0 Å². The zero-order valence-electron chi connectivity index (χ0n) is 18.9. The Morgan fingerprint density at radius 1 is 0.781 bits per heavy atom. The predicted molar refractivity (Wildman–Crippen MR) is 125 cm³/mol. The van der Waals surface area contributed by atoms with Crippen molar-refractivity contribution < 1.29 is 9.59 Å². The summed E-state index contributed by atoms with van der Waals surface area (Å²) in [5.41, 5.74) is 6.87. The molecule has 2 saturated carbocycles. The van der Waals surface area contributed by atoms with Crippen LogP contribution in [0.3, 0.4) is 0 Å². The standard InChI is InChI=1S/C27H35N3O2/c28-27(32)26(31)24-16-29(25-10-2-1-9-23(24)25)21-14-19-7-4-8-20(15-21)30(19)22-12-17-5-3-6-18(11-17)13-22/h1-2,9-10,16-22H,3-8,11-15H2,(H2,28,32)/t17-,18+,19-,20+,21+,22+. The van der Waals surface area contributed by atoms with Gasteiger partial charge in [-0.15, -0.1) is 0 Å². The number of hydrogen-bond donors (Lipinski definition) is 1. The lowest BCUT2D eigenvalue weighted by atomic mass is 9.68. The minimum atomic E-state index is -0.873. The minimum Gasteiger partial charge on any atom is -0.363 e. The van der Waals surface area contributed by atoms with Crippen molar-refractivity contribution in [1.82, 2.24) is 9.47 Å². The van der Waals surface area contributed by atoms with Crippen LogP contribution in [0.2, 0.25) is 0 Å². The third-order valence-electron chi connectivity index (χ3n) is 9.13. The topological polar surface area (TPSA) is 68.3 Å². The van der Waals surface area contributed by atoms with Crippen molar-refractivity contribution in [3.05, 3.63) is 36.0 Å². The lowest BCUT2D eigenvalue weighted by Gasteiger charge is -2.55. The van der Waals surface area contributed by atoms with Crippen LogP contribution < -0.4 is 5.73 Å². The summed E-state index contributed by atoms with van der Waals surface area (Å²) in [6.07, 6.45) is 16.8. The van der Waals surface area contributed by atoms with Gasteiger partial charge >= 0.3 is 0 Å². The van der Waals surface area contributed by atoms with Crippen molar-refractivity contribution in [2.24, 2.45) is 17.6 Å². The molecule has 2 aliphatic heterocycles. The number of hydrogen-bond acceptors (Lipinski definition) is 3. The monoisotopic (exact) mass is 433 g/mol. The molecule has 0 radical (unpaired) electrons. The van der Waals surface area contributed by atoms with E-state index >= 15 is 0 Å². The molecule has 32 heavy (non-hydrogen) atoms. The first-order chi connectivity index (χ1) is 15.6. The number of amides is 1. The van der Waals surface area contributed by atoms with E-state index in [1.807, 2.05) is 24.4 Å². The van der Waals surface area contributed by atoms with Gasteiger partial charge in [0.15, 0.2) is 0 Å². The number of carbonyl (C=O) groups excluding carboxylic acids is 2. The summed E-state index contributed by atoms with van der Waals surface area (Å²) in [4.78, 5) is 27.1. The van der Waals surface area contributed by atoms with E-state index in [-0.39, 0.29) is 0 Å². The van der Waals surface area contributed by atoms with Gasteiger partial charge in [0, 0.05) is 41.3 Å². The number of para-hydroxylation sites is 1. The van der Waals surface area contributed by atoms with E-state index in [1.165, 1.54) is 57.8 Å². The maximum atomic E-state index is 12.5. The van der Waals surface area contributed by atoms with Gasteiger partial charge in [-0.2, -0.15) is 0 Å². The summed E-state index contributed by atoms with van der Waals surface area (Å²) in [6, 6.07) is 10.4. The Kier molecular flexibility index (Phi) is 5.13. The number of fused-ring (bicyclic) bond motifs is 5. The van der Waals surface area contributed by atoms with Gasteiger partial charge in [0.2, 0.25) is 0 Å². The number of nitrogens with zero attached hydrogens (tertiary/aromatic N) is 2. The zero-order chi connectivity index (χ0) is 21.8. The number of ketones is 1. The van der Waals surface area contributed by atoms with Crippen LogP contribution in [0.5, 0.6) is 0 Å². The lowest BCUT2D eigenvalue weighted by molar-refractivity contribution is -0.114. The minimum absolute atomic E-state index is 0.379. The number of benzene rings is 1. The molecule has 6 atom stereocenters. The fourth-order valence-electron chi connectivity index (χ4n) is 7.97. The molecule has 170 valence electrons. The second kappa shape index (κ2) is 8.02. The molecule has 5 heteroatoms. The maximum absolute atomic E-state index is 12.5. The number of Topliss-reactive ketones (excluding diaryl/α,β-unsaturated/α-hetero) is 1. The summed E-state index contributed by atoms with van der Waals surface area (Å²) in [5.74, 6) is 0.470. The van der Waals surface area contributed by atoms with Crippen molar-refractivity contribution in [2.45, 2.75) is 94.8 Å². The average molecular weight is 434 g/mol. The number of primary amides is 1. The Morgan fingerprint density at radius 3 is 2.12 bits per heavy atom. The molecule has 0 unspecified atom stereocenters. The van der Waals surface area contributed by atoms with Crippen molar-refractivity contribution in [2.75, 3.05) is 0 Å². The van der Waals surface area contributed by atoms with Crippen LogP contribution in [-0.4, -0.2) is 39.3 Å². The molecule has 0 spiro atoms. The molecule has 1 aromatic heterocycles. The second-order valence-electron chi connectivity index (χ2n) is 11.0. The molecule has 5 nitrogen and oxygen atoms in total. The van der Waals surface area contributed by atoms with Crippen molar-refractivity contribution in [1.29, 1.82) is 0 Å². The SMILES string of the molecule is NC(=O)C(=O)c1cn([C@H]2C[C@H]3CCC[C@@H](C2)N3[C@H]2C[C@@H]3CCC[C@@H](C3)C2)c2ccccc12. The highest BCUT2D eigenvalue weighted by Crippen LogP contribution is 2.48. The molecule has 3 heterocycles. The van der Waals surface area contributed by atoms with Crippen LogP contribution in [0.25, 0.3) is 10.9 Å². The summed E-state index contributed by atoms with van der Waals surface area (Å²) in [7, 11) is 0. The van der Waals surface area contributed by atoms with Crippen LogP contribution in [-0.2, 0) is 4.79 Å². The molecule has 1 aromatic carbocycles. The Hall–Kier alpha value is -2.14. The van der Waals surface area contributed by atoms with Crippen molar-refractivity contribution in [3.8, 4) is 0 Å². The highest BCUT2D eigenvalue weighted by Gasteiger charge is 2.45. The third kappa shape index (κ3) is 3.40. The number of carbonyl (C=O) groups is 2. The Labute approximate surface area is 190 Å². The number of nitrogens with two attached hydrogens (primary N) is 1. The van der Waals surface area contributed by atoms with E-state index in [0.29, 0.717) is 23.7 Å². The summed E-state index contributed by atoms with van der Waals surface area (Å²) in [5, 5.41) is 0.851. The van der Waals surface area contributed by atoms with E-state index in [1.54, 1.807) is 0 Å². The lowest BCUT2D eigenvalue weighted by Crippen LogP contribution is -2.58. The van der Waals surface area contributed by atoms with Gasteiger partial charge < -0.3 is 10.3 Å². The van der Waals surface area contributed by atoms with E-state index in [0.717, 1.165) is 41.6 Å². The summed E-state index contributed by atoms with van der Waals surface area (Å²) < 4.78 is 2.30. The highest BCUT2D eigenvalue weighted by molar-refractivity contribution is 6.44. The average Bonchev–Trinajstić information content (AvgIpc) is 3.17. The van der Waals surface area contributed by atoms with Crippen molar-refractivity contribution >= 4 is 22.6 Å². The molecular formula is C27H35N3O2. The van der Waals surface area contributed by atoms with Gasteiger partial charge in [0.1, 0.15) is 0 Å². The van der Waals surface area contributed by atoms with Crippen LogP contribution in [0.1, 0.15) is 87.0 Å². The van der Waals surface area contributed by atoms with Gasteiger partial charge in [0.25, 0.3) is 11.7 Å². The highest BCUT2D eigenvalue weighted by atomic mass is 16.2. The largest absolute Gasteiger partial charge is 0.363 e. The zero-order valence-corrected chi connectivity index (χ0v) is 18.9. The van der Waals surface area contributed by atoms with Gasteiger partial charge in [-0.1, -0.05) is 43.9 Å². The van der Waals surface area contributed by atoms with Gasteiger partial charge in [-0.05, 0) is 62.8 Å². The van der Waals surface area contributed by atoms with Gasteiger partial charge in [0.05, 0.1) is 5.56 Å². The smallest absolute Gasteiger partial charge is 0.289 e. The fourth-order valence-corrected chi connectivity index (χ4v) is 7.97. The molecule has 6 rings (SSSR count). The van der Waals surface area contributed by atoms with E-state index in [2.05, 4.69) is 15.5 Å². The Morgan fingerprint density at radius 2 is 1.44 bits per heavy atom. The second-order valence-corrected chi connectivity index (χ2v) is 11.0. The maximum Gasteiger partial charge on any atom is 0.289 e.